The second kappa shape index (κ2) is 3.64. The molecular formula is C9H11ClN2. The van der Waals surface area contributed by atoms with Gasteiger partial charge in [-0.05, 0) is 24.5 Å². The molecule has 1 rings (SSSR count). The van der Waals surface area contributed by atoms with Gasteiger partial charge in [-0.2, -0.15) is 5.26 Å². The van der Waals surface area contributed by atoms with Gasteiger partial charge in [-0.15, -0.1) is 11.6 Å². The molecule has 0 bridgehead atoms. The summed E-state index contributed by atoms with van der Waals surface area (Å²) in [6.45, 7) is 4.01. The first-order chi connectivity index (χ1) is 5.74. The highest BCUT2D eigenvalue weighted by Crippen LogP contribution is 2.19. The van der Waals surface area contributed by atoms with E-state index in [0.717, 1.165) is 17.7 Å². The van der Waals surface area contributed by atoms with Crippen LogP contribution in [0, 0.1) is 18.3 Å². The summed E-state index contributed by atoms with van der Waals surface area (Å²) in [6, 6.07) is 2.11. The molecule has 1 aromatic rings. The zero-order valence-electron chi connectivity index (χ0n) is 7.24. The van der Waals surface area contributed by atoms with Crippen LogP contribution in [0.3, 0.4) is 0 Å². The fourth-order valence-corrected chi connectivity index (χ4v) is 1.63. The van der Waals surface area contributed by atoms with Gasteiger partial charge in [0.15, 0.2) is 0 Å². The van der Waals surface area contributed by atoms with Crippen LogP contribution < -0.4 is 0 Å². The Balaban J connectivity index is 3.25. The van der Waals surface area contributed by atoms with E-state index in [1.807, 2.05) is 6.92 Å². The zero-order valence-corrected chi connectivity index (χ0v) is 8.00. The predicted octanol–water partition coefficient (Wildman–Crippen LogP) is 2.50. The Labute approximate surface area is 77.2 Å². The van der Waals surface area contributed by atoms with E-state index in [9.17, 15) is 0 Å². The van der Waals surface area contributed by atoms with Crippen LogP contribution in [0.15, 0.2) is 0 Å². The van der Waals surface area contributed by atoms with E-state index in [1.54, 1.807) is 0 Å². The molecule has 1 N–H and O–H groups in total. The molecule has 1 aromatic heterocycles. The van der Waals surface area contributed by atoms with Crippen LogP contribution in [0.25, 0.3) is 0 Å². The maximum Gasteiger partial charge on any atom is 0.121 e. The first-order valence-corrected chi connectivity index (χ1v) is 4.44. The first kappa shape index (κ1) is 9.15. The number of nitriles is 1. The molecule has 3 heteroatoms. The summed E-state index contributed by atoms with van der Waals surface area (Å²) in [7, 11) is 0. The summed E-state index contributed by atoms with van der Waals surface area (Å²) in [5, 5.41) is 8.72. The molecule has 0 saturated carbocycles. The molecule has 0 radical (unpaired) electrons. The van der Waals surface area contributed by atoms with Gasteiger partial charge < -0.3 is 4.98 Å². The van der Waals surface area contributed by atoms with Gasteiger partial charge in [0, 0.05) is 5.69 Å². The molecule has 1 heterocycles. The van der Waals surface area contributed by atoms with Gasteiger partial charge in [-0.1, -0.05) is 6.92 Å². The van der Waals surface area contributed by atoms with Crippen molar-refractivity contribution in [1.29, 1.82) is 5.26 Å². The standard InChI is InChI=1S/C9H11ClN2/c1-3-7-6(2)9(5-11)12-8(7)4-10/h12H,3-4H2,1-2H3. The summed E-state index contributed by atoms with van der Waals surface area (Å²) < 4.78 is 0. The largest absolute Gasteiger partial charge is 0.349 e. The van der Waals surface area contributed by atoms with Gasteiger partial charge in [0.2, 0.25) is 0 Å². The number of alkyl halides is 1. The molecule has 0 unspecified atom stereocenters. The Morgan fingerprint density at radius 1 is 1.58 bits per heavy atom. The molecule has 0 spiro atoms. The predicted molar refractivity (Wildman–Crippen MR) is 49.2 cm³/mol. The SMILES string of the molecule is CCc1c(CCl)[nH]c(C#N)c1C. The molecule has 0 aromatic carbocycles. The van der Waals surface area contributed by atoms with Crippen LogP contribution in [0.1, 0.15) is 29.4 Å². The number of hydrogen-bond acceptors (Lipinski definition) is 1. The highest BCUT2D eigenvalue weighted by atomic mass is 35.5. The molecule has 0 aliphatic rings. The Morgan fingerprint density at radius 3 is 2.58 bits per heavy atom. The monoisotopic (exact) mass is 182 g/mol. The summed E-state index contributed by atoms with van der Waals surface area (Å²) >= 11 is 5.71. The van der Waals surface area contributed by atoms with Crippen LogP contribution in [0.5, 0.6) is 0 Å². The molecule has 64 valence electrons. The lowest BCUT2D eigenvalue weighted by molar-refractivity contribution is 1.07. The van der Waals surface area contributed by atoms with E-state index in [1.165, 1.54) is 5.56 Å². The second-order valence-electron chi connectivity index (χ2n) is 2.68. The summed E-state index contributed by atoms with van der Waals surface area (Å²) in [4.78, 5) is 3.01. The van der Waals surface area contributed by atoms with Crippen LogP contribution in [-0.2, 0) is 12.3 Å². The summed E-state index contributed by atoms with van der Waals surface area (Å²) in [6.07, 6.45) is 0.923. The minimum Gasteiger partial charge on any atom is -0.349 e. The summed E-state index contributed by atoms with van der Waals surface area (Å²) in [5.74, 6) is 0.450. The summed E-state index contributed by atoms with van der Waals surface area (Å²) in [5.41, 5.74) is 3.84. The van der Waals surface area contributed by atoms with Crippen LogP contribution >= 0.6 is 11.6 Å². The third-order valence-corrected chi connectivity index (χ3v) is 2.33. The Morgan fingerprint density at radius 2 is 2.25 bits per heavy atom. The van der Waals surface area contributed by atoms with Crippen molar-refractivity contribution >= 4 is 11.6 Å². The quantitative estimate of drug-likeness (QED) is 0.702. The van der Waals surface area contributed by atoms with Crippen molar-refractivity contribution in [2.45, 2.75) is 26.1 Å². The molecule has 0 aliphatic carbocycles. The lowest BCUT2D eigenvalue weighted by Crippen LogP contribution is -1.86. The van der Waals surface area contributed by atoms with Gasteiger partial charge in [0.1, 0.15) is 11.8 Å². The number of aromatic nitrogens is 1. The van der Waals surface area contributed by atoms with Crippen molar-refractivity contribution in [3.63, 3.8) is 0 Å². The van der Waals surface area contributed by atoms with Gasteiger partial charge in [0.05, 0.1) is 5.88 Å². The Kier molecular flexibility index (Phi) is 2.78. The topological polar surface area (TPSA) is 39.6 Å². The number of halogens is 1. The minimum atomic E-state index is 0.450. The lowest BCUT2D eigenvalue weighted by atomic mass is 10.1. The van der Waals surface area contributed by atoms with E-state index < -0.39 is 0 Å². The second-order valence-corrected chi connectivity index (χ2v) is 2.95. The molecule has 0 saturated heterocycles. The van der Waals surface area contributed by atoms with Crippen molar-refractivity contribution < 1.29 is 0 Å². The third kappa shape index (κ3) is 1.33. The molecule has 0 aliphatic heterocycles. The molecule has 12 heavy (non-hydrogen) atoms. The normalized spacial score (nSPS) is 9.83. The fraction of sp³-hybridized carbons (Fsp3) is 0.444. The van der Waals surface area contributed by atoms with E-state index in [4.69, 9.17) is 16.9 Å². The van der Waals surface area contributed by atoms with Crippen molar-refractivity contribution in [3.05, 3.63) is 22.5 Å². The molecular weight excluding hydrogens is 172 g/mol. The maximum absolute atomic E-state index is 8.72. The average molecular weight is 183 g/mol. The molecule has 2 nitrogen and oxygen atoms in total. The highest BCUT2D eigenvalue weighted by Gasteiger charge is 2.10. The van der Waals surface area contributed by atoms with E-state index in [-0.39, 0.29) is 0 Å². The smallest absolute Gasteiger partial charge is 0.121 e. The number of hydrogen-bond donors (Lipinski definition) is 1. The molecule has 0 atom stereocenters. The number of H-pyrrole nitrogens is 1. The first-order valence-electron chi connectivity index (χ1n) is 3.91. The number of nitrogens with one attached hydrogen (secondary N) is 1. The number of rotatable bonds is 2. The van der Waals surface area contributed by atoms with Crippen molar-refractivity contribution in [3.8, 4) is 6.07 Å². The maximum atomic E-state index is 8.72. The van der Waals surface area contributed by atoms with E-state index >= 15 is 0 Å². The molecule has 0 fully saturated rings. The van der Waals surface area contributed by atoms with Crippen molar-refractivity contribution in [2.75, 3.05) is 0 Å². The minimum absolute atomic E-state index is 0.450. The highest BCUT2D eigenvalue weighted by molar-refractivity contribution is 6.17. The van der Waals surface area contributed by atoms with Gasteiger partial charge in [-0.3, -0.25) is 0 Å². The number of aromatic amines is 1. The van der Waals surface area contributed by atoms with Gasteiger partial charge >= 0.3 is 0 Å². The lowest BCUT2D eigenvalue weighted by Gasteiger charge is -1.96. The van der Waals surface area contributed by atoms with Crippen LogP contribution in [0.2, 0.25) is 0 Å². The van der Waals surface area contributed by atoms with Crippen molar-refractivity contribution in [1.82, 2.24) is 4.98 Å². The zero-order chi connectivity index (χ0) is 9.14. The molecule has 0 amide bonds. The van der Waals surface area contributed by atoms with E-state index in [2.05, 4.69) is 18.0 Å². The van der Waals surface area contributed by atoms with Gasteiger partial charge in [-0.25, -0.2) is 0 Å². The van der Waals surface area contributed by atoms with E-state index in [0.29, 0.717) is 11.6 Å². The van der Waals surface area contributed by atoms with Crippen LogP contribution in [-0.4, -0.2) is 4.98 Å². The number of nitrogens with zero attached hydrogens (tertiary/aromatic N) is 1. The average Bonchev–Trinajstić information content (AvgIpc) is 2.41. The van der Waals surface area contributed by atoms with Gasteiger partial charge in [0.25, 0.3) is 0 Å². The Bertz CT molecular complexity index is 320. The van der Waals surface area contributed by atoms with Crippen LogP contribution in [0.4, 0.5) is 0 Å². The Hall–Kier alpha value is -0.940. The fourth-order valence-electron chi connectivity index (χ4n) is 1.40. The third-order valence-electron chi connectivity index (χ3n) is 2.07. The van der Waals surface area contributed by atoms with Crippen molar-refractivity contribution in [2.24, 2.45) is 0 Å².